The molecule has 5 nitrogen and oxygen atoms in total. The number of likely N-dealkylation sites (tertiary alicyclic amines) is 2. The van der Waals surface area contributed by atoms with E-state index in [1.165, 1.54) is 0 Å². The molecule has 2 aliphatic heterocycles. The maximum atomic E-state index is 13.0. The smallest absolute Gasteiger partial charge is 0.227 e. The Hall–Kier alpha value is -2.04. The summed E-state index contributed by atoms with van der Waals surface area (Å²) in [6.45, 7) is 8.81. The predicted octanol–water partition coefficient (Wildman–Crippen LogP) is 3.37. The first-order valence-corrected chi connectivity index (χ1v) is 10.2. The number of rotatable bonds is 3. The summed E-state index contributed by atoms with van der Waals surface area (Å²) in [5, 5.41) is 3.57. The first-order chi connectivity index (χ1) is 12.8. The summed E-state index contributed by atoms with van der Waals surface area (Å²) >= 11 is 0. The van der Waals surface area contributed by atoms with Gasteiger partial charge in [0.05, 0.1) is 5.92 Å². The van der Waals surface area contributed by atoms with Gasteiger partial charge >= 0.3 is 0 Å². The summed E-state index contributed by atoms with van der Waals surface area (Å²) in [7, 11) is 0. The van der Waals surface area contributed by atoms with E-state index in [1.54, 1.807) is 0 Å². The van der Waals surface area contributed by atoms with Gasteiger partial charge in [0, 0.05) is 43.3 Å². The van der Waals surface area contributed by atoms with Crippen LogP contribution in [0.4, 0.5) is 5.69 Å². The second-order valence-electron chi connectivity index (χ2n) is 8.95. The van der Waals surface area contributed by atoms with Crippen LogP contribution in [-0.2, 0) is 9.59 Å². The molecule has 1 unspecified atom stereocenters. The molecule has 0 radical (unpaired) electrons. The van der Waals surface area contributed by atoms with Gasteiger partial charge < -0.3 is 15.1 Å². The predicted molar refractivity (Wildman–Crippen MR) is 108 cm³/mol. The van der Waals surface area contributed by atoms with Crippen molar-refractivity contribution >= 4 is 17.5 Å². The van der Waals surface area contributed by atoms with E-state index in [0.717, 1.165) is 51.0 Å². The number of nitrogens with one attached hydrogen (secondary N) is 1. The first kappa shape index (κ1) is 19.7. The van der Waals surface area contributed by atoms with E-state index in [-0.39, 0.29) is 23.1 Å². The Labute approximate surface area is 163 Å². The monoisotopic (exact) mass is 371 g/mol. The van der Waals surface area contributed by atoms with Gasteiger partial charge in [0.1, 0.15) is 0 Å². The minimum Gasteiger partial charge on any atom is -0.382 e. The van der Waals surface area contributed by atoms with Gasteiger partial charge in [-0.3, -0.25) is 9.59 Å². The quantitative estimate of drug-likeness (QED) is 0.886. The summed E-state index contributed by atoms with van der Waals surface area (Å²) in [6, 6.07) is 10.7. The zero-order valence-corrected chi connectivity index (χ0v) is 16.9. The maximum Gasteiger partial charge on any atom is 0.227 e. The molecular weight excluding hydrogens is 338 g/mol. The van der Waals surface area contributed by atoms with E-state index >= 15 is 0 Å². The highest BCUT2D eigenvalue weighted by molar-refractivity contribution is 5.84. The minimum absolute atomic E-state index is 0.0383. The Balaban J connectivity index is 1.51. The molecule has 5 heteroatoms. The summed E-state index contributed by atoms with van der Waals surface area (Å²) in [4.78, 5) is 29.5. The van der Waals surface area contributed by atoms with E-state index < -0.39 is 0 Å². The molecule has 1 atom stereocenters. The normalized spacial score (nSPS) is 21.8. The van der Waals surface area contributed by atoms with Crippen LogP contribution in [0.2, 0.25) is 0 Å². The number of carbonyl (C=O) groups is 2. The molecular formula is C22H33N3O2. The van der Waals surface area contributed by atoms with E-state index in [0.29, 0.717) is 12.6 Å². The van der Waals surface area contributed by atoms with Gasteiger partial charge in [0.2, 0.25) is 11.8 Å². The molecule has 1 aromatic carbocycles. The second-order valence-corrected chi connectivity index (χ2v) is 8.95. The lowest BCUT2D eigenvalue weighted by Gasteiger charge is -2.39. The second kappa shape index (κ2) is 8.32. The summed E-state index contributed by atoms with van der Waals surface area (Å²) in [5.74, 6) is 0.356. The van der Waals surface area contributed by atoms with Crippen LogP contribution in [0.25, 0.3) is 0 Å². The van der Waals surface area contributed by atoms with Crippen molar-refractivity contribution in [2.75, 3.05) is 31.5 Å². The molecule has 0 saturated carbocycles. The molecule has 2 amide bonds. The molecule has 2 heterocycles. The highest BCUT2D eigenvalue weighted by atomic mass is 16.2. The van der Waals surface area contributed by atoms with Crippen LogP contribution >= 0.6 is 0 Å². The Morgan fingerprint density at radius 3 is 2.26 bits per heavy atom. The number of para-hydroxylation sites is 1. The number of hydrogen-bond donors (Lipinski definition) is 1. The Bertz CT molecular complexity index is 645. The highest BCUT2D eigenvalue weighted by Crippen LogP contribution is 2.26. The molecule has 3 rings (SSSR count). The number of benzene rings is 1. The van der Waals surface area contributed by atoms with Crippen molar-refractivity contribution < 1.29 is 9.59 Å². The largest absolute Gasteiger partial charge is 0.382 e. The third-order valence-electron chi connectivity index (χ3n) is 5.65. The van der Waals surface area contributed by atoms with Crippen molar-refractivity contribution in [2.24, 2.45) is 11.3 Å². The van der Waals surface area contributed by atoms with Gasteiger partial charge in [-0.05, 0) is 37.8 Å². The van der Waals surface area contributed by atoms with Gasteiger partial charge in [0.15, 0.2) is 0 Å². The fourth-order valence-electron chi connectivity index (χ4n) is 4.11. The fourth-order valence-corrected chi connectivity index (χ4v) is 4.11. The molecule has 2 aliphatic rings. The van der Waals surface area contributed by atoms with Gasteiger partial charge in [-0.15, -0.1) is 0 Å². The third kappa shape index (κ3) is 5.02. The SMILES string of the molecule is CC(C)(C)C(=O)N1CCCC(C(=O)N2CCC(Nc3ccccc3)CC2)C1. The number of amides is 2. The molecule has 1 aromatic rings. The summed E-state index contributed by atoms with van der Waals surface area (Å²) < 4.78 is 0. The molecule has 0 bridgehead atoms. The van der Waals surface area contributed by atoms with Crippen LogP contribution in [0.3, 0.4) is 0 Å². The maximum absolute atomic E-state index is 13.0. The van der Waals surface area contributed by atoms with Gasteiger partial charge in [-0.2, -0.15) is 0 Å². The van der Waals surface area contributed by atoms with Crippen LogP contribution in [0.5, 0.6) is 0 Å². The fraction of sp³-hybridized carbons (Fsp3) is 0.636. The molecule has 148 valence electrons. The van der Waals surface area contributed by atoms with E-state index in [2.05, 4.69) is 17.4 Å². The average molecular weight is 372 g/mol. The highest BCUT2D eigenvalue weighted by Gasteiger charge is 2.35. The average Bonchev–Trinajstić information content (AvgIpc) is 2.67. The zero-order valence-electron chi connectivity index (χ0n) is 16.9. The number of anilines is 1. The summed E-state index contributed by atoms with van der Waals surface area (Å²) in [5.41, 5.74) is 0.762. The number of piperidine rings is 2. The number of carbonyl (C=O) groups excluding carboxylic acids is 2. The van der Waals surface area contributed by atoms with Gasteiger partial charge in [0.25, 0.3) is 0 Å². The van der Waals surface area contributed by atoms with E-state index in [9.17, 15) is 9.59 Å². The van der Waals surface area contributed by atoms with Crippen molar-refractivity contribution in [2.45, 2.75) is 52.5 Å². The molecule has 0 aromatic heterocycles. The van der Waals surface area contributed by atoms with Crippen LogP contribution in [0, 0.1) is 11.3 Å². The Morgan fingerprint density at radius 1 is 0.963 bits per heavy atom. The van der Waals surface area contributed by atoms with Crippen molar-refractivity contribution in [3.05, 3.63) is 30.3 Å². The molecule has 0 spiro atoms. The van der Waals surface area contributed by atoms with Crippen LogP contribution in [0.15, 0.2) is 30.3 Å². The first-order valence-electron chi connectivity index (χ1n) is 10.2. The minimum atomic E-state index is -0.383. The zero-order chi connectivity index (χ0) is 19.4. The number of hydrogen-bond acceptors (Lipinski definition) is 3. The standard InChI is InChI=1S/C22H33N3O2/c1-22(2,3)21(27)25-13-7-8-17(16-25)20(26)24-14-11-19(12-15-24)23-18-9-5-4-6-10-18/h4-6,9-10,17,19,23H,7-8,11-16H2,1-3H3. The lowest BCUT2D eigenvalue weighted by Crippen LogP contribution is -2.51. The molecule has 2 saturated heterocycles. The van der Waals surface area contributed by atoms with Crippen LogP contribution in [-0.4, -0.2) is 53.8 Å². The Morgan fingerprint density at radius 2 is 1.63 bits per heavy atom. The molecule has 2 fully saturated rings. The van der Waals surface area contributed by atoms with E-state index in [4.69, 9.17) is 0 Å². The summed E-state index contributed by atoms with van der Waals surface area (Å²) in [6.07, 6.45) is 3.76. The molecule has 1 N–H and O–H groups in total. The molecule has 0 aliphatic carbocycles. The van der Waals surface area contributed by atoms with E-state index in [1.807, 2.05) is 48.8 Å². The topological polar surface area (TPSA) is 52.7 Å². The molecule has 27 heavy (non-hydrogen) atoms. The number of nitrogens with zero attached hydrogens (tertiary/aromatic N) is 2. The van der Waals surface area contributed by atoms with Crippen LogP contribution < -0.4 is 5.32 Å². The lowest BCUT2D eigenvalue weighted by atomic mass is 9.90. The van der Waals surface area contributed by atoms with Gasteiger partial charge in [-0.1, -0.05) is 39.0 Å². The lowest BCUT2D eigenvalue weighted by molar-refractivity contribution is -0.145. The van der Waals surface area contributed by atoms with Crippen molar-refractivity contribution in [3.63, 3.8) is 0 Å². The van der Waals surface area contributed by atoms with Gasteiger partial charge in [-0.25, -0.2) is 0 Å². The van der Waals surface area contributed by atoms with Crippen molar-refractivity contribution in [3.8, 4) is 0 Å². The van der Waals surface area contributed by atoms with Crippen molar-refractivity contribution in [1.82, 2.24) is 9.80 Å². The third-order valence-corrected chi connectivity index (χ3v) is 5.65. The van der Waals surface area contributed by atoms with Crippen LogP contribution in [0.1, 0.15) is 46.5 Å². The Kier molecular flexibility index (Phi) is 6.08. The van der Waals surface area contributed by atoms with Crippen molar-refractivity contribution in [1.29, 1.82) is 0 Å².